The highest BCUT2D eigenvalue weighted by Crippen LogP contribution is 2.01. The summed E-state index contributed by atoms with van der Waals surface area (Å²) in [5.41, 5.74) is 7.36. The van der Waals surface area contributed by atoms with E-state index >= 15 is 0 Å². The second-order valence-corrected chi connectivity index (χ2v) is 3.80. The number of carbonyl (C=O) groups is 1. The van der Waals surface area contributed by atoms with Crippen LogP contribution in [0.1, 0.15) is 16.2 Å². The molecule has 2 heterocycles. The van der Waals surface area contributed by atoms with Crippen molar-refractivity contribution in [1.29, 1.82) is 0 Å². The van der Waals surface area contributed by atoms with Gasteiger partial charge in [0, 0.05) is 24.9 Å². The Balaban J connectivity index is 1.84. The number of aromatic nitrogens is 2. The van der Waals surface area contributed by atoms with Crippen LogP contribution in [0.15, 0.2) is 42.7 Å². The highest BCUT2D eigenvalue weighted by Gasteiger charge is 2.05. The zero-order chi connectivity index (χ0) is 12.8. The van der Waals surface area contributed by atoms with Gasteiger partial charge in [-0.1, -0.05) is 6.07 Å². The quantitative estimate of drug-likeness (QED) is 0.839. The molecule has 2 aromatic rings. The van der Waals surface area contributed by atoms with E-state index in [1.807, 2.05) is 18.2 Å². The van der Waals surface area contributed by atoms with Crippen molar-refractivity contribution in [3.63, 3.8) is 0 Å². The molecule has 0 aliphatic carbocycles. The monoisotopic (exact) mass is 242 g/mol. The van der Waals surface area contributed by atoms with E-state index in [2.05, 4.69) is 15.3 Å². The zero-order valence-electron chi connectivity index (χ0n) is 9.84. The van der Waals surface area contributed by atoms with Crippen LogP contribution >= 0.6 is 0 Å². The number of hydrogen-bond acceptors (Lipinski definition) is 4. The van der Waals surface area contributed by atoms with Crippen molar-refractivity contribution in [2.45, 2.75) is 6.42 Å². The maximum absolute atomic E-state index is 11.7. The molecule has 92 valence electrons. The van der Waals surface area contributed by atoms with Crippen LogP contribution in [0.2, 0.25) is 0 Å². The van der Waals surface area contributed by atoms with E-state index in [0.717, 1.165) is 5.69 Å². The molecule has 0 bridgehead atoms. The van der Waals surface area contributed by atoms with Gasteiger partial charge in [-0.3, -0.25) is 9.78 Å². The van der Waals surface area contributed by atoms with Crippen LogP contribution in [-0.4, -0.2) is 22.4 Å². The Kier molecular flexibility index (Phi) is 3.86. The fourth-order valence-electron chi connectivity index (χ4n) is 1.48. The molecule has 0 aliphatic heterocycles. The number of nitrogens with one attached hydrogen (secondary N) is 1. The van der Waals surface area contributed by atoms with Gasteiger partial charge in [-0.2, -0.15) is 0 Å². The lowest BCUT2D eigenvalue weighted by Gasteiger charge is -2.04. The molecular formula is C13H14N4O. The molecule has 0 atom stereocenters. The summed E-state index contributed by atoms with van der Waals surface area (Å²) >= 11 is 0. The predicted octanol–water partition coefficient (Wildman–Crippen LogP) is 1.03. The highest BCUT2D eigenvalue weighted by atomic mass is 16.1. The van der Waals surface area contributed by atoms with Gasteiger partial charge in [0.25, 0.3) is 5.91 Å². The fraction of sp³-hybridized carbons (Fsp3) is 0.154. The van der Waals surface area contributed by atoms with Crippen molar-refractivity contribution in [1.82, 2.24) is 15.3 Å². The number of carbonyl (C=O) groups excluding carboxylic acids is 1. The Hall–Kier alpha value is -2.43. The average Bonchev–Trinajstić information content (AvgIpc) is 2.40. The predicted molar refractivity (Wildman–Crippen MR) is 68.9 cm³/mol. The van der Waals surface area contributed by atoms with Crippen LogP contribution in [-0.2, 0) is 6.42 Å². The maximum atomic E-state index is 11.7. The molecule has 1 amide bonds. The normalized spacial score (nSPS) is 10.0. The summed E-state index contributed by atoms with van der Waals surface area (Å²) in [7, 11) is 0. The first-order chi connectivity index (χ1) is 8.75. The number of pyridine rings is 2. The second kappa shape index (κ2) is 5.77. The van der Waals surface area contributed by atoms with Gasteiger partial charge in [0.1, 0.15) is 5.69 Å². The number of hydrogen-bond donors (Lipinski definition) is 2. The number of nitrogens with zero attached hydrogens (tertiary/aromatic N) is 2. The summed E-state index contributed by atoms with van der Waals surface area (Å²) in [6.45, 7) is 0.530. The van der Waals surface area contributed by atoms with E-state index in [1.165, 1.54) is 6.20 Å². The minimum atomic E-state index is -0.203. The molecule has 0 fully saturated rings. The molecule has 3 N–H and O–H groups in total. The summed E-state index contributed by atoms with van der Waals surface area (Å²) in [5, 5.41) is 2.78. The van der Waals surface area contributed by atoms with Crippen LogP contribution in [0, 0.1) is 0 Å². The third kappa shape index (κ3) is 3.28. The van der Waals surface area contributed by atoms with Crippen molar-refractivity contribution < 1.29 is 4.79 Å². The van der Waals surface area contributed by atoms with Crippen LogP contribution in [0.4, 0.5) is 5.69 Å². The molecule has 0 saturated carbocycles. The largest absolute Gasteiger partial charge is 0.397 e. The minimum absolute atomic E-state index is 0.203. The molecule has 0 spiro atoms. The molecule has 0 saturated heterocycles. The van der Waals surface area contributed by atoms with Crippen molar-refractivity contribution in [2.75, 3.05) is 12.3 Å². The van der Waals surface area contributed by atoms with Crippen molar-refractivity contribution in [3.05, 3.63) is 54.1 Å². The van der Waals surface area contributed by atoms with E-state index in [9.17, 15) is 4.79 Å². The fourth-order valence-corrected chi connectivity index (χ4v) is 1.48. The lowest BCUT2D eigenvalue weighted by Crippen LogP contribution is -2.26. The van der Waals surface area contributed by atoms with E-state index < -0.39 is 0 Å². The molecule has 5 nitrogen and oxygen atoms in total. The van der Waals surface area contributed by atoms with Gasteiger partial charge in [-0.15, -0.1) is 0 Å². The van der Waals surface area contributed by atoms with Crippen molar-refractivity contribution >= 4 is 11.6 Å². The summed E-state index contributed by atoms with van der Waals surface area (Å²) in [6, 6.07) is 8.96. The van der Waals surface area contributed by atoms with Gasteiger partial charge in [0.15, 0.2) is 0 Å². The van der Waals surface area contributed by atoms with Gasteiger partial charge >= 0.3 is 0 Å². The number of anilines is 1. The first kappa shape index (κ1) is 12.0. The van der Waals surface area contributed by atoms with Gasteiger partial charge in [0.2, 0.25) is 0 Å². The van der Waals surface area contributed by atoms with Gasteiger partial charge in [-0.05, 0) is 24.3 Å². The minimum Gasteiger partial charge on any atom is -0.397 e. The van der Waals surface area contributed by atoms with E-state index in [0.29, 0.717) is 24.3 Å². The summed E-state index contributed by atoms with van der Waals surface area (Å²) in [5.74, 6) is -0.203. The SMILES string of the molecule is Nc1ccc(C(=O)NCCc2ccccn2)nc1. The molecule has 18 heavy (non-hydrogen) atoms. The zero-order valence-corrected chi connectivity index (χ0v) is 9.84. The van der Waals surface area contributed by atoms with Crippen LogP contribution < -0.4 is 11.1 Å². The van der Waals surface area contributed by atoms with E-state index in [-0.39, 0.29) is 5.91 Å². The Morgan fingerprint density at radius 1 is 1.22 bits per heavy atom. The Bertz CT molecular complexity index is 510. The molecule has 0 unspecified atom stereocenters. The first-order valence-electron chi connectivity index (χ1n) is 5.65. The molecule has 0 radical (unpaired) electrons. The second-order valence-electron chi connectivity index (χ2n) is 3.80. The molecule has 2 rings (SSSR count). The standard InChI is InChI=1S/C13H14N4O/c14-10-4-5-12(17-9-10)13(18)16-8-6-11-3-1-2-7-15-11/h1-5,7,9H,6,8,14H2,(H,16,18). The van der Waals surface area contributed by atoms with Gasteiger partial charge in [0.05, 0.1) is 11.9 Å². The topological polar surface area (TPSA) is 80.9 Å². The first-order valence-corrected chi connectivity index (χ1v) is 5.65. The molecule has 2 aromatic heterocycles. The third-order valence-electron chi connectivity index (χ3n) is 2.41. The van der Waals surface area contributed by atoms with Gasteiger partial charge in [-0.25, -0.2) is 4.98 Å². The molecule has 5 heteroatoms. The molecule has 0 aliphatic rings. The third-order valence-corrected chi connectivity index (χ3v) is 2.41. The maximum Gasteiger partial charge on any atom is 0.269 e. The average molecular weight is 242 g/mol. The lowest BCUT2D eigenvalue weighted by atomic mass is 10.2. The van der Waals surface area contributed by atoms with E-state index in [4.69, 9.17) is 5.73 Å². The summed E-state index contributed by atoms with van der Waals surface area (Å²) in [4.78, 5) is 19.8. The number of nitrogens with two attached hydrogens (primary N) is 1. The smallest absolute Gasteiger partial charge is 0.269 e. The number of rotatable bonds is 4. The van der Waals surface area contributed by atoms with E-state index in [1.54, 1.807) is 18.3 Å². The van der Waals surface area contributed by atoms with Crippen molar-refractivity contribution in [2.24, 2.45) is 0 Å². The molecule has 0 aromatic carbocycles. The van der Waals surface area contributed by atoms with Crippen LogP contribution in [0.5, 0.6) is 0 Å². The van der Waals surface area contributed by atoms with Gasteiger partial charge < -0.3 is 11.1 Å². The Morgan fingerprint density at radius 2 is 2.11 bits per heavy atom. The number of amides is 1. The summed E-state index contributed by atoms with van der Waals surface area (Å²) < 4.78 is 0. The lowest BCUT2D eigenvalue weighted by molar-refractivity contribution is 0.0949. The Morgan fingerprint density at radius 3 is 2.78 bits per heavy atom. The molecular weight excluding hydrogens is 228 g/mol. The van der Waals surface area contributed by atoms with Crippen LogP contribution in [0.25, 0.3) is 0 Å². The highest BCUT2D eigenvalue weighted by molar-refractivity contribution is 5.92. The number of nitrogen functional groups attached to an aromatic ring is 1. The van der Waals surface area contributed by atoms with Crippen LogP contribution in [0.3, 0.4) is 0 Å². The summed E-state index contributed by atoms with van der Waals surface area (Å²) in [6.07, 6.45) is 3.90. The Labute approximate surface area is 105 Å². The van der Waals surface area contributed by atoms with Crippen molar-refractivity contribution in [3.8, 4) is 0 Å².